The van der Waals surface area contributed by atoms with Gasteiger partial charge >= 0.3 is 5.97 Å². The summed E-state index contributed by atoms with van der Waals surface area (Å²) in [6, 6.07) is 19.0. The maximum absolute atomic E-state index is 11.2. The Balaban J connectivity index is 2.19. The molecule has 0 bridgehead atoms. The Morgan fingerprint density at radius 1 is 1.05 bits per heavy atom. The minimum Gasteiger partial charge on any atom is -0.476 e. The van der Waals surface area contributed by atoms with E-state index in [4.69, 9.17) is 0 Å². The molecule has 0 unspecified atom stereocenters. The van der Waals surface area contributed by atoms with Crippen molar-refractivity contribution in [1.82, 2.24) is 9.78 Å². The second-order valence-corrected chi connectivity index (χ2v) is 4.83. The van der Waals surface area contributed by atoms with Gasteiger partial charge < -0.3 is 5.11 Å². The van der Waals surface area contributed by atoms with Gasteiger partial charge in [0.2, 0.25) is 0 Å². The van der Waals surface area contributed by atoms with Gasteiger partial charge in [-0.05, 0) is 25.1 Å². The first-order valence-corrected chi connectivity index (χ1v) is 6.61. The van der Waals surface area contributed by atoms with Gasteiger partial charge in [0.05, 0.1) is 11.4 Å². The lowest BCUT2D eigenvalue weighted by Gasteiger charge is -2.07. The monoisotopic (exact) mass is 278 g/mol. The van der Waals surface area contributed by atoms with Gasteiger partial charge in [0.15, 0.2) is 5.69 Å². The molecule has 0 saturated carbocycles. The van der Waals surface area contributed by atoms with Gasteiger partial charge in [-0.15, -0.1) is 0 Å². The third kappa shape index (κ3) is 2.56. The Morgan fingerprint density at radius 2 is 1.71 bits per heavy atom. The zero-order valence-electron chi connectivity index (χ0n) is 11.5. The van der Waals surface area contributed by atoms with Crippen LogP contribution in [0.3, 0.4) is 0 Å². The summed E-state index contributed by atoms with van der Waals surface area (Å²) in [5, 5.41) is 13.4. The maximum Gasteiger partial charge on any atom is 0.356 e. The number of hydrogen-bond acceptors (Lipinski definition) is 2. The van der Waals surface area contributed by atoms with Gasteiger partial charge in [-0.3, -0.25) is 0 Å². The number of carbonyl (C=O) groups is 1. The van der Waals surface area contributed by atoms with Crippen molar-refractivity contribution in [2.75, 3.05) is 0 Å². The summed E-state index contributed by atoms with van der Waals surface area (Å²) in [5.74, 6) is -1.03. The molecule has 0 aliphatic rings. The zero-order valence-corrected chi connectivity index (χ0v) is 11.5. The Hall–Kier alpha value is -2.88. The summed E-state index contributed by atoms with van der Waals surface area (Å²) in [7, 11) is 0. The van der Waals surface area contributed by atoms with Gasteiger partial charge in [-0.2, -0.15) is 5.10 Å². The SMILES string of the molecule is Cc1ccc(-c2cc(C(=O)O)nn2-c2ccccc2)cc1. The van der Waals surface area contributed by atoms with E-state index in [9.17, 15) is 9.90 Å². The molecule has 0 amide bonds. The van der Waals surface area contributed by atoms with Gasteiger partial charge in [0, 0.05) is 5.56 Å². The largest absolute Gasteiger partial charge is 0.476 e. The molecule has 104 valence electrons. The Labute approximate surface area is 122 Å². The summed E-state index contributed by atoms with van der Waals surface area (Å²) in [4.78, 5) is 11.2. The molecule has 1 heterocycles. The van der Waals surface area contributed by atoms with Gasteiger partial charge in [0.25, 0.3) is 0 Å². The molecule has 3 aromatic rings. The number of para-hydroxylation sites is 1. The van der Waals surface area contributed by atoms with Crippen molar-refractivity contribution in [2.45, 2.75) is 6.92 Å². The van der Waals surface area contributed by atoms with E-state index < -0.39 is 5.97 Å². The summed E-state index contributed by atoms with van der Waals surface area (Å²) in [5.41, 5.74) is 3.72. The summed E-state index contributed by atoms with van der Waals surface area (Å²) in [6.45, 7) is 2.01. The number of carboxylic acid groups (broad SMARTS) is 1. The zero-order chi connectivity index (χ0) is 14.8. The van der Waals surface area contributed by atoms with Crippen molar-refractivity contribution in [3.63, 3.8) is 0 Å². The standard InChI is InChI=1S/C17H14N2O2/c1-12-7-9-13(10-8-12)16-11-15(17(20)21)18-19(16)14-5-3-2-4-6-14/h2-11H,1H3,(H,20,21). The lowest BCUT2D eigenvalue weighted by atomic mass is 10.1. The fourth-order valence-electron chi connectivity index (χ4n) is 2.18. The average Bonchev–Trinajstić information content (AvgIpc) is 2.94. The summed E-state index contributed by atoms with van der Waals surface area (Å²) < 4.78 is 1.66. The van der Waals surface area contributed by atoms with Crippen LogP contribution in [0, 0.1) is 6.92 Å². The second kappa shape index (κ2) is 5.25. The van der Waals surface area contributed by atoms with E-state index in [2.05, 4.69) is 5.10 Å². The highest BCUT2D eigenvalue weighted by Gasteiger charge is 2.15. The van der Waals surface area contributed by atoms with Crippen LogP contribution in [-0.4, -0.2) is 20.9 Å². The molecule has 21 heavy (non-hydrogen) atoms. The minimum atomic E-state index is -1.03. The van der Waals surface area contributed by atoms with Gasteiger partial charge in [-0.25, -0.2) is 9.48 Å². The minimum absolute atomic E-state index is 0.0365. The van der Waals surface area contributed by atoms with Crippen LogP contribution in [0.2, 0.25) is 0 Å². The molecule has 1 aromatic heterocycles. The lowest BCUT2D eigenvalue weighted by Crippen LogP contribution is -2.02. The molecule has 0 radical (unpaired) electrons. The van der Waals surface area contributed by atoms with E-state index in [-0.39, 0.29) is 5.69 Å². The topological polar surface area (TPSA) is 55.1 Å². The van der Waals surface area contributed by atoms with Gasteiger partial charge in [-0.1, -0.05) is 48.0 Å². The molecule has 4 nitrogen and oxygen atoms in total. The van der Waals surface area contributed by atoms with Crippen molar-refractivity contribution >= 4 is 5.97 Å². The number of benzene rings is 2. The molecule has 0 spiro atoms. The number of nitrogens with zero attached hydrogens (tertiary/aromatic N) is 2. The highest BCUT2D eigenvalue weighted by atomic mass is 16.4. The Morgan fingerprint density at radius 3 is 2.33 bits per heavy atom. The van der Waals surface area contributed by atoms with Crippen LogP contribution in [0.1, 0.15) is 16.1 Å². The first-order chi connectivity index (χ1) is 10.1. The molecule has 3 rings (SSSR count). The number of carboxylic acids is 1. The van der Waals surface area contributed by atoms with E-state index >= 15 is 0 Å². The maximum atomic E-state index is 11.2. The molecule has 1 N–H and O–H groups in total. The number of aromatic carboxylic acids is 1. The van der Waals surface area contributed by atoms with Crippen LogP contribution in [0.5, 0.6) is 0 Å². The van der Waals surface area contributed by atoms with E-state index in [1.165, 1.54) is 0 Å². The molecular weight excluding hydrogens is 264 g/mol. The first-order valence-electron chi connectivity index (χ1n) is 6.61. The summed E-state index contributed by atoms with van der Waals surface area (Å²) >= 11 is 0. The van der Waals surface area contributed by atoms with Crippen LogP contribution < -0.4 is 0 Å². The highest BCUT2D eigenvalue weighted by Crippen LogP contribution is 2.24. The molecule has 2 aromatic carbocycles. The lowest BCUT2D eigenvalue weighted by molar-refractivity contribution is 0.0690. The Bertz CT molecular complexity index is 774. The number of rotatable bonds is 3. The molecular formula is C17H14N2O2. The van der Waals surface area contributed by atoms with Crippen LogP contribution in [0.15, 0.2) is 60.7 Å². The second-order valence-electron chi connectivity index (χ2n) is 4.83. The number of aryl methyl sites for hydroxylation is 1. The molecule has 0 aliphatic carbocycles. The fraction of sp³-hybridized carbons (Fsp3) is 0.0588. The smallest absolute Gasteiger partial charge is 0.356 e. The average molecular weight is 278 g/mol. The van der Waals surface area contributed by atoms with E-state index in [1.54, 1.807) is 10.7 Å². The van der Waals surface area contributed by atoms with Crippen LogP contribution in [0.4, 0.5) is 0 Å². The third-order valence-corrected chi connectivity index (χ3v) is 3.28. The highest BCUT2D eigenvalue weighted by molar-refractivity contribution is 5.87. The van der Waals surface area contributed by atoms with E-state index in [0.29, 0.717) is 0 Å². The third-order valence-electron chi connectivity index (χ3n) is 3.28. The number of hydrogen-bond donors (Lipinski definition) is 1. The Kier molecular flexibility index (Phi) is 3.28. The van der Waals surface area contributed by atoms with E-state index in [0.717, 1.165) is 22.5 Å². The first kappa shape index (κ1) is 13.1. The van der Waals surface area contributed by atoms with Crippen LogP contribution in [-0.2, 0) is 0 Å². The predicted octanol–water partition coefficient (Wildman–Crippen LogP) is 3.55. The van der Waals surface area contributed by atoms with Crippen molar-refractivity contribution in [3.05, 3.63) is 71.9 Å². The predicted molar refractivity (Wildman–Crippen MR) is 80.7 cm³/mol. The molecule has 0 saturated heterocycles. The van der Waals surface area contributed by atoms with Crippen molar-refractivity contribution in [3.8, 4) is 16.9 Å². The number of aromatic nitrogens is 2. The quantitative estimate of drug-likeness (QED) is 0.797. The molecule has 0 fully saturated rings. The van der Waals surface area contributed by atoms with E-state index in [1.807, 2.05) is 61.5 Å². The molecule has 0 aliphatic heterocycles. The summed E-state index contributed by atoms with van der Waals surface area (Å²) in [6.07, 6.45) is 0. The fourth-order valence-corrected chi connectivity index (χ4v) is 2.18. The van der Waals surface area contributed by atoms with Gasteiger partial charge in [0.1, 0.15) is 0 Å². The molecule has 4 heteroatoms. The van der Waals surface area contributed by atoms with Crippen molar-refractivity contribution in [2.24, 2.45) is 0 Å². The normalized spacial score (nSPS) is 10.5. The van der Waals surface area contributed by atoms with Crippen LogP contribution in [0.25, 0.3) is 16.9 Å². The molecule has 0 atom stereocenters. The van der Waals surface area contributed by atoms with Crippen LogP contribution >= 0.6 is 0 Å². The van der Waals surface area contributed by atoms with Crippen molar-refractivity contribution in [1.29, 1.82) is 0 Å². The van der Waals surface area contributed by atoms with Crippen molar-refractivity contribution < 1.29 is 9.90 Å².